The van der Waals surface area contributed by atoms with Crippen LogP contribution in [0.3, 0.4) is 0 Å². The van der Waals surface area contributed by atoms with Crippen LogP contribution in [-0.4, -0.2) is 32.4 Å². The third-order valence-electron chi connectivity index (χ3n) is 3.72. The first-order chi connectivity index (χ1) is 12.3. The van der Waals surface area contributed by atoms with E-state index in [-0.39, 0.29) is 5.11 Å². The molecule has 26 heavy (non-hydrogen) atoms. The molecular formula is C17H19ClN2O4S2. The number of aryl methyl sites for hydroxylation is 1. The molecule has 6 nitrogen and oxygen atoms in total. The Balaban J connectivity index is 2.27. The van der Waals surface area contributed by atoms with Gasteiger partial charge in [0.1, 0.15) is 16.5 Å². The third kappa shape index (κ3) is 4.20. The third-order valence-corrected chi connectivity index (χ3v) is 5.35. The van der Waals surface area contributed by atoms with Crippen LogP contribution in [0.25, 0.3) is 0 Å². The topological polar surface area (TPSA) is 68.8 Å². The summed E-state index contributed by atoms with van der Waals surface area (Å²) in [6.07, 6.45) is 0. The standard InChI is InChI=1S/C17H19ClN2O4S2/c1-8-9(2)26-15(14(8)16(21)24-5)20-17(25)19-11-6-10(18)12(22-3)7-13(11)23-4/h6-7H,1-5H3,(H2,19,20,25). The van der Waals surface area contributed by atoms with E-state index in [0.29, 0.717) is 32.8 Å². The highest BCUT2D eigenvalue weighted by molar-refractivity contribution is 7.80. The summed E-state index contributed by atoms with van der Waals surface area (Å²) in [5, 5.41) is 7.38. The van der Waals surface area contributed by atoms with Crippen molar-refractivity contribution in [2.24, 2.45) is 0 Å². The molecule has 0 bridgehead atoms. The summed E-state index contributed by atoms with van der Waals surface area (Å²) in [5.41, 5.74) is 1.90. The number of thiocarbonyl (C=S) groups is 1. The number of nitrogens with one attached hydrogen (secondary N) is 2. The molecule has 0 radical (unpaired) electrons. The number of anilines is 2. The molecule has 9 heteroatoms. The Hall–Kier alpha value is -2.03. The molecule has 0 unspecified atom stereocenters. The normalized spacial score (nSPS) is 10.2. The Kier molecular flexibility index (Phi) is 6.69. The van der Waals surface area contributed by atoms with E-state index < -0.39 is 5.97 Å². The molecule has 1 aromatic heterocycles. The minimum atomic E-state index is -0.415. The molecule has 0 aliphatic heterocycles. The summed E-state index contributed by atoms with van der Waals surface area (Å²) in [5.74, 6) is 0.592. The summed E-state index contributed by atoms with van der Waals surface area (Å²) in [6.45, 7) is 3.80. The second-order valence-corrected chi connectivity index (χ2v) is 7.29. The highest BCUT2D eigenvalue weighted by Crippen LogP contribution is 2.37. The van der Waals surface area contributed by atoms with E-state index in [4.69, 9.17) is 38.0 Å². The molecule has 0 aliphatic carbocycles. The largest absolute Gasteiger partial charge is 0.495 e. The van der Waals surface area contributed by atoms with Crippen molar-refractivity contribution < 1.29 is 19.0 Å². The maximum Gasteiger partial charge on any atom is 0.341 e. The Bertz CT molecular complexity index is 852. The lowest BCUT2D eigenvalue weighted by atomic mass is 10.1. The van der Waals surface area contributed by atoms with Gasteiger partial charge in [0.25, 0.3) is 0 Å². The van der Waals surface area contributed by atoms with E-state index in [9.17, 15) is 4.79 Å². The molecule has 1 heterocycles. The van der Waals surface area contributed by atoms with E-state index in [0.717, 1.165) is 10.4 Å². The second-order valence-electron chi connectivity index (χ2n) is 5.25. The van der Waals surface area contributed by atoms with Crippen LogP contribution in [-0.2, 0) is 4.74 Å². The van der Waals surface area contributed by atoms with Crippen molar-refractivity contribution in [3.63, 3.8) is 0 Å². The lowest BCUT2D eigenvalue weighted by Gasteiger charge is -2.15. The van der Waals surface area contributed by atoms with E-state index in [2.05, 4.69) is 10.6 Å². The van der Waals surface area contributed by atoms with Gasteiger partial charge >= 0.3 is 5.97 Å². The number of esters is 1. The molecule has 0 atom stereocenters. The van der Waals surface area contributed by atoms with Gasteiger partial charge in [0.15, 0.2) is 5.11 Å². The molecule has 2 rings (SSSR count). The number of halogens is 1. The number of methoxy groups -OCH3 is 3. The zero-order valence-corrected chi connectivity index (χ0v) is 17.4. The first-order valence-corrected chi connectivity index (χ1v) is 9.10. The summed E-state index contributed by atoms with van der Waals surface area (Å²) in [7, 11) is 4.40. The van der Waals surface area contributed by atoms with Crippen LogP contribution in [0.15, 0.2) is 12.1 Å². The predicted molar refractivity (Wildman–Crippen MR) is 110 cm³/mol. The number of rotatable bonds is 5. The number of carbonyl (C=O) groups is 1. The monoisotopic (exact) mass is 414 g/mol. The zero-order valence-electron chi connectivity index (χ0n) is 15.0. The second kappa shape index (κ2) is 8.57. The van der Waals surface area contributed by atoms with Crippen molar-refractivity contribution in [2.45, 2.75) is 13.8 Å². The van der Waals surface area contributed by atoms with E-state index in [1.54, 1.807) is 12.1 Å². The highest BCUT2D eigenvalue weighted by Gasteiger charge is 2.21. The average molecular weight is 415 g/mol. The van der Waals surface area contributed by atoms with Gasteiger partial charge in [0, 0.05) is 10.9 Å². The fourth-order valence-electron chi connectivity index (χ4n) is 2.28. The van der Waals surface area contributed by atoms with E-state index in [1.165, 1.54) is 32.7 Å². The van der Waals surface area contributed by atoms with Crippen molar-refractivity contribution in [2.75, 3.05) is 32.0 Å². The van der Waals surface area contributed by atoms with Gasteiger partial charge < -0.3 is 24.8 Å². The van der Waals surface area contributed by atoms with Crippen LogP contribution in [0.5, 0.6) is 11.5 Å². The quantitative estimate of drug-likeness (QED) is 0.546. The van der Waals surface area contributed by atoms with E-state index in [1.807, 2.05) is 13.8 Å². The van der Waals surface area contributed by atoms with Gasteiger partial charge in [-0.15, -0.1) is 11.3 Å². The number of hydrogen-bond donors (Lipinski definition) is 2. The van der Waals surface area contributed by atoms with Crippen molar-refractivity contribution in [3.05, 3.63) is 33.2 Å². The van der Waals surface area contributed by atoms with Gasteiger partial charge in [-0.3, -0.25) is 0 Å². The molecule has 0 saturated carbocycles. The molecule has 0 spiro atoms. The Morgan fingerprint density at radius 2 is 1.77 bits per heavy atom. The van der Waals surface area contributed by atoms with Gasteiger partial charge in [-0.25, -0.2) is 4.79 Å². The fourth-order valence-corrected chi connectivity index (χ4v) is 3.85. The number of hydrogen-bond acceptors (Lipinski definition) is 6. The van der Waals surface area contributed by atoms with Gasteiger partial charge in [-0.05, 0) is 37.7 Å². The van der Waals surface area contributed by atoms with Crippen molar-refractivity contribution >= 4 is 56.9 Å². The van der Waals surface area contributed by atoms with Crippen LogP contribution in [0.4, 0.5) is 10.7 Å². The summed E-state index contributed by atoms with van der Waals surface area (Å²) < 4.78 is 15.4. The van der Waals surface area contributed by atoms with Gasteiger partial charge in [0.05, 0.1) is 37.6 Å². The molecule has 140 valence electrons. The SMILES string of the molecule is COC(=O)c1c(NC(=S)Nc2cc(Cl)c(OC)cc2OC)sc(C)c1C. The van der Waals surface area contributed by atoms with Crippen molar-refractivity contribution in [1.82, 2.24) is 0 Å². The summed E-state index contributed by atoms with van der Waals surface area (Å²) in [4.78, 5) is 13.1. The van der Waals surface area contributed by atoms with Crippen LogP contribution >= 0.6 is 35.2 Å². The predicted octanol–water partition coefficient (Wildman–Crippen LogP) is 4.63. The van der Waals surface area contributed by atoms with Gasteiger partial charge in [-0.2, -0.15) is 0 Å². The molecule has 0 fully saturated rings. The Labute approximate surface area is 166 Å². The summed E-state index contributed by atoms with van der Waals surface area (Å²) in [6, 6.07) is 3.31. The van der Waals surface area contributed by atoms with Gasteiger partial charge in [-0.1, -0.05) is 11.6 Å². The minimum Gasteiger partial charge on any atom is -0.495 e. The highest BCUT2D eigenvalue weighted by atomic mass is 35.5. The maximum atomic E-state index is 12.1. The lowest BCUT2D eigenvalue weighted by molar-refractivity contribution is 0.0601. The molecule has 0 amide bonds. The molecular weight excluding hydrogens is 396 g/mol. The fraction of sp³-hybridized carbons (Fsp3) is 0.294. The zero-order chi connectivity index (χ0) is 19.4. The molecule has 2 aromatic rings. The first-order valence-electron chi connectivity index (χ1n) is 7.50. The Morgan fingerprint density at radius 1 is 1.12 bits per heavy atom. The van der Waals surface area contributed by atoms with Gasteiger partial charge in [0.2, 0.25) is 0 Å². The van der Waals surface area contributed by atoms with Crippen LogP contribution in [0, 0.1) is 13.8 Å². The molecule has 1 aromatic carbocycles. The smallest absolute Gasteiger partial charge is 0.341 e. The Morgan fingerprint density at radius 3 is 2.35 bits per heavy atom. The molecule has 2 N–H and O–H groups in total. The van der Waals surface area contributed by atoms with Crippen molar-refractivity contribution in [3.8, 4) is 11.5 Å². The molecule has 0 aliphatic rings. The van der Waals surface area contributed by atoms with Crippen LogP contribution in [0.1, 0.15) is 20.8 Å². The average Bonchev–Trinajstić information content (AvgIpc) is 2.88. The van der Waals surface area contributed by atoms with Crippen molar-refractivity contribution in [1.29, 1.82) is 0 Å². The maximum absolute atomic E-state index is 12.1. The lowest BCUT2D eigenvalue weighted by Crippen LogP contribution is -2.20. The number of benzene rings is 1. The van der Waals surface area contributed by atoms with E-state index >= 15 is 0 Å². The number of ether oxygens (including phenoxy) is 3. The number of thiophene rings is 1. The first kappa shape index (κ1) is 20.3. The minimum absolute atomic E-state index is 0.288. The number of carbonyl (C=O) groups excluding carboxylic acids is 1. The molecule has 0 saturated heterocycles. The summed E-state index contributed by atoms with van der Waals surface area (Å²) >= 11 is 13.0. The van der Waals surface area contributed by atoms with Crippen LogP contribution in [0.2, 0.25) is 5.02 Å². The van der Waals surface area contributed by atoms with Crippen LogP contribution < -0.4 is 20.1 Å².